The highest BCUT2D eigenvalue weighted by molar-refractivity contribution is 6.18. The Morgan fingerprint density at radius 1 is 1.33 bits per heavy atom. The van der Waals surface area contributed by atoms with Gasteiger partial charge in [-0.15, -0.1) is 11.6 Å². The van der Waals surface area contributed by atoms with Crippen LogP contribution in [0, 0.1) is 0 Å². The molecular formula is C11H11ClN2O. The number of rotatable bonds is 3. The molecule has 3 nitrogen and oxygen atoms in total. The van der Waals surface area contributed by atoms with Gasteiger partial charge in [-0.25, -0.2) is 4.79 Å². The molecule has 1 heterocycles. The van der Waals surface area contributed by atoms with E-state index in [2.05, 4.69) is 4.98 Å². The second kappa shape index (κ2) is 4.36. The van der Waals surface area contributed by atoms with E-state index in [9.17, 15) is 4.79 Å². The summed E-state index contributed by atoms with van der Waals surface area (Å²) in [5.41, 5.74) is 1.69. The average Bonchev–Trinajstić information content (AvgIpc) is 2.56. The maximum absolute atomic E-state index is 11.6. The number of H-pyrrole nitrogens is 1. The second-order valence-electron chi connectivity index (χ2n) is 3.18. The number of benzene rings is 1. The molecule has 0 unspecified atom stereocenters. The standard InChI is InChI=1S/C11H11ClN2O/c12-7-3-4-8-14-10-6-2-1-5-9(10)13-11(14)15/h1-6H,7-8H2,(H,13,15)/b4-3+. The fourth-order valence-electron chi connectivity index (χ4n) is 1.53. The highest BCUT2D eigenvalue weighted by Crippen LogP contribution is 2.08. The van der Waals surface area contributed by atoms with Gasteiger partial charge in [0.2, 0.25) is 0 Å². The first-order valence-corrected chi connectivity index (χ1v) is 5.25. The van der Waals surface area contributed by atoms with Crippen LogP contribution in [0.15, 0.2) is 41.2 Å². The van der Waals surface area contributed by atoms with Crippen LogP contribution in [-0.4, -0.2) is 15.4 Å². The van der Waals surface area contributed by atoms with Gasteiger partial charge in [-0.05, 0) is 12.1 Å². The third-order valence-corrected chi connectivity index (χ3v) is 2.40. The molecule has 0 aliphatic heterocycles. The van der Waals surface area contributed by atoms with Crippen LogP contribution < -0.4 is 5.69 Å². The van der Waals surface area contributed by atoms with Crippen LogP contribution in [0.5, 0.6) is 0 Å². The number of nitrogens with zero attached hydrogens (tertiary/aromatic N) is 1. The molecule has 1 aromatic carbocycles. The first-order valence-electron chi connectivity index (χ1n) is 4.71. The van der Waals surface area contributed by atoms with Gasteiger partial charge in [0.1, 0.15) is 0 Å². The summed E-state index contributed by atoms with van der Waals surface area (Å²) < 4.78 is 1.68. The van der Waals surface area contributed by atoms with Crippen LogP contribution in [0.25, 0.3) is 11.0 Å². The van der Waals surface area contributed by atoms with Crippen molar-refractivity contribution in [3.8, 4) is 0 Å². The van der Waals surface area contributed by atoms with Crippen molar-refractivity contribution >= 4 is 22.6 Å². The molecule has 1 N–H and O–H groups in total. The van der Waals surface area contributed by atoms with Gasteiger partial charge in [-0.3, -0.25) is 4.57 Å². The summed E-state index contributed by atoms with van der Waals surface area (Å²) >= 11 is 5.52. The van der Waals surface area contributed by atoms with Crippen LogP contribution in [0.3, 0.4) is 0 Å². The molecule has 0 aliphatic rings. The van der Waals surface area contributed by atoms with Crippen molar-refractivity contribution < 1.29 is 0 Å². The van der Waals surface area contributed by atoms with Crippen LogP contribution in [-0.2, 0) is 6.54 Å². The summed E-state index contributed by atoms with van der Waals surface area (Å²) in [6, 6.07) is 7.62. The molecule has 0 bridgehead atoms. The SMILES string of the molecule is O=c1[nH]c2ccccc2n1C/C=C/CCl. The van der Waals surface area contributed by atoms with Gasteiger partial charge >= 0.3 is 5.69 Å². The topological polar surface area (TPSA) is 37.8 Å². The Labute approximate surface area is 92.0 Å². The van der Waals surface area contributed by atoms with Crippen LogP contribution in [0.1, 0.15) is 0 Å². The first kappa shape index (κ1) is 10.1. The number of aromatic nitrogens is 2. The second-order valence-corrected chi connectivity index (χ2v) is 3.49. The zero-order valence-corrected chi connectivity index (χ0v) is 8.87. The van der Waals surface area contributed by atoms with Gasteiger partial charge in [0.25, 0.3) is 0 Å². The summed E-state index contributed by atoms with van der Waals surface area (Å²) in [6.07, 6.45) is 3.71. The van der Waals surface area contributed by atoms with Crippen LogP contribution >= 0.6 is 11.6 Å². The number of fused-ring (bicyclic) bond motifs is 1. The normalized spacial score (nSPS) is 11.5. The monoisotopic (exact) mass is 222 g/mol. The molecule has 2 aromatic rings. The number of hydrogen-bond acceptors (Lipinski definition) is 1. The van der Waals surface area contributed by atoms with E-state index in [1.54, 1.807) is 4.57 Å². The van der Waals surface area contributed by atoms with E-state index in [0.717, 1.165) is 11.0 Å². The maximum Gasteiger partial charge on any atom is 0.326 e. The van der Waals surface area contributed by atoms with Crippen molar-refractivity contribution in [2.75, 3.05) is 5.88 Å². The average molecular weight is 223 g/mol. The lowest BCUT2D eigenvalue weighted by Gasteiger charge is -1.97. The summed E-state index contributed by atoms with van der Waals surface area (Å²) in [5, 5.41) is 0. The Morgan fingerprint density at radius 2 is 2.13 bits per heavy atom. The van der Waals surface area contributed by atoms with Crippen LogP contribution in [0.2, 0.25) is 0 Å². The van der Waals surface area contributed by atoms with Crippen molar-refractivity contribution in [1.82, 2.24) is 9.55 Å². The highest BCUT2D eigenvalue weighted by atomic mass is 35.5. The van der Waals surface area contributed by atoms with Crippen molar-refractivity contribution in [3.63, 3.8) is 0 Å². The van der Waals surface area contributed by atoms with Gasteiger partial charge in [0.15, 0.2) is 0 Å². The lowest BCUT2D eigenvalue weighted by Crippen LogP contribution is -2.15. The fraction of sp³-hybridized carbons (Fsp3) is 0.182. The van der Waals surface area contributed by atoms with Crippen molar-refractivity contribution in [1.29, 1.82) is 0 Å². The van der Waals surface area contributed by atoms with Crippen molar-refractivity contribution in [2.45, 2.75) is 6.54 Å². The van der Waals surface area contributed by atoms with E-state index in [-0.39, 0.29) is 5.69 Å². The maximum atomic E-state index is 11.6. The summed E-state index contributed by atoms with van der Waals surface area (Å²) in [5.74, 6) is 0.469. The molecule has 0 radical (unpaired) electrons. The molecule has 2 rings (SSSR count). The van der Waals surface area contributed by atoms with Gasteiger partial charge in [-0.2, -0.15) is 0 Å². The molecular weight excluding hydrogens is 212 g/mol. The van der Waals surface area contributed by atoms with E-state index in [1.165, 1.54) is 0 Å². The lowest BCUT2D eigenvalue weighted by molar-refractivity contribution is 0.807. The Morgan fingerprint density at radius 3 is 2.93 bits per heavy atom. The van der Waals surface area contributed by atoms with Crippen LogP contribution in [0.4, 0.5) is 0 Å². The minimum atomic E-state index is -0.0876. The molecule has 0 saturated carbocycles. The Kier molecular flexibility index (Phi) is 2.92. The zero-order chi connectivity index (χ0) is 10.7. The number of imidazole rings is 1. The number of para-hydroxylation sites is 2. The van der Waals surface area contributed by atoms with E-state index in [0.29, 0.717) is 12.4 Å². The highest BCUT2D eigenvalue weighted by Gasteiger charge is 2.02. The zero-order valence-electron chi connectivity index (χ0n) is 8.11. The van der Waals surface area contributed by atoms with Gasteiger partial charge in [-0.1, -0.05) is 24.3 Å². The minimum Gasteiger partial charge on any atom is -0.306 e. The Hall–Kier alpha value is -1.48. The van der Waals surface area contributed by atoms with Gasteiger partial charge in [0, 0.05) is 12.4 Å². The summed E-state index contributed by atoms with van der Waals surface area (Å²) in [4.78, 5) is 14.4. The number of alkyl halides is 1. The fourth-order valence-corrected chi connectivity index (χ4v) is 1.66. The summed E-state index contributed by atoms with van der Waals surface area (Å²) in [7, 11) is 0. The van der Waals surface area contributed by atoms with E-state index in [1.807, 2.05) is 36.4 Å². The van der Waals surface area contributed by atoms with Crippen molar-refractivity contribution in [2.24, 2.45) is 0 Å². The lowest BCUT2D eigenvalue weighted by atomic mass is 10.3. The first-order chi connectivity index (χ1) is 7.33. The number of allylic oxidation sites excluding steroid dienone is 2. The third-order valence-electron chi connectivity index (χ3n) is 2.23. The predicted molar refractivity (Wildman–Crippen MR) is 62.4 cm³/mol. The minimum absolute atomic E-state index is 0.0876. The predicted octanol–water partition coefficient (Wildman–Crippen LogP) is 2.12. The number of aromatic amines is 1. The van der Waals surface area contributed by atoms with Gasteiger partial charge < -0.3 is 4.98 Å². The molecule has 78 valence electrons. The van der Waals surface area contributed by atoms with E-state index >= 15 is 0 Å². The number of nitrogens with one attached hydrogen (secondary N) is 1. The van der Waals surface area contributed by atoms with Gasteiger partial charge in [0.05, 0.1) is 11.0 Å². The smallest absolute Gasteiger partial charge is 0.306 e. The number of hydrogen-bond donors (Lipinski definition) is 1. The molecule has 1 aromatic heterocycles. The molecule has 0 spiro atoms. The molecule has 0 aliphatic carbocycles. The molecule has 0 atom stereocenters. The third kappa shape index (κ3) is 1.97. The summed E-state index contributed by atoms with van der Waals surface area (Å²) in [6.45, 7) is 0.551. The largest absolute Gasteiger partial charge is 0.326 e. The van der Waals surface area contributed by atoms with E-state index < -0.39 is 0 Å². The Balaban J connectivity index is 2.45. The molecule has 0 saturated heterocycles. The number of halogens is 1. The van der Waals surface area contributed by atoms with E-state index in [4.69, 9.17) is 11.6 Å². The molecule has 15 heavy (non-hydrogen) atoms. The quantitative estimate of drug-likeness (QED) is 0.627. The molecule has 0 fully saturated rings. The molecule has 4 heteroatoms. The molecule has 0 amide bonds. The Bertz CT molecular complexity index is 539. The van der Waals surface area contributed by atoms with Crippen molar-refractivity contribution in [3.05, 3.63) is 46.9 Å².